The molecule has 1 aromatic carbocycles. The Morgan fingerprint density at radius 2 is 2.22 bits per heavy atom. The van der Waals surface area contributed by atoms with Crippen molar-refractivity contribution in [3.8, 4) is 0 Å². The van der Waals surface area contributed by atoms with Crippen molar-refractivity contribution in [1.82, 2.24) is 5.32 Å². The molecule has 0 radical (unpaired) electrons. The highest BCUT2D eigenvalue weighted by Gasteiger charge is 2.36. The summed E-state index contributed by atoms with van der Waals surface area (Å²) in [6, 6.07) is 8.70. The average Bonchev–Trinajstić information content (AvgIpc) is 2.31. The molecule has 0 aliphatic heterocycles. The molecule has 0 heterocycles. The lowest BCUT2D eigenvalue weighted by molar-refractivity contribution is 0.123. The second-order valence-electron chi connectivity index (χ2n) is 5.33. The molecule has 1 saturated carbocycles. The molecular weight excluding hydrogens is 290 g/mol. The van der Waals surface area contributed by atoms with E-state index in [2.05, 4.69) is 45.5 Å². The van der Waals surface area contributed by atoms with Gasteiger partial charge in [-0.15, -0.1) is 0 Å². The maximum absolute atomic E-state index is 5.07. The first-order valence-corrected chi connectivity index (χ1v) is 7.48. The maximum atomic E-state index is 5.07. The molecule has 1 aliphatic carbocycles. The highest BCUT2D eigenvalue weighted by molar-refractivity contribution is 9.10. The molecule has 0 spiro atoms. The number of rotatable bonds is 7. The molecule has 100 valence electrons. The van der Waals surface area contributed by atoms with Crippen molar-refractivity contribution in [2.75, 3.05) is 26.8 Å². The summed E-state index contributed by atoms with van der Waals surface area (Å²) in [6.45, 7) is 2.87. The van der Waals surface area contributed by atoms with Crippen LogP contribution in [0.25, 0.3) is 0 Å². The molecule has 2 rings (SSSR count). The Kier molecular flexibility index (Phi) is 5.22. The van der Waals surface area contributed by atoms with Crippen LogP contribution in [0.1, 0.15) is 24.8 Å². The molecule has 0 bridgehead atoms. The van der Waals surface area contributed by atoms with Crippen LogP contribution in [-0.4, -0.2) is 26.8 Å². The van der Waals surface area contributed by atoms with E-state index in [9.17, 15) is 0 Å². The van der Waals surface area contributed by atoms with Crippen LogP contribution in [0.3, 0.4) is 0 Å². The Balaban J connectivity index is 1.88. The summed E-state index contributed by atoms with van der Waals surface area (Å²) in [5.74, 6) is 0. The summed E-state index contributed by atoms with van der Waals surface area (Å²) in [7, 11) is 1.75. The molecule has 3 heteroatoms. The minimum absolute atomic E-state index is 0.481. The van der Waals surface area contributed by atoms with E-state index in [1.807, 2.05) is 0 Å². The summed E-state index contributed by atoms with van der Waals surface area (Å²) in [5.41, 5.74) is 1.92. The molecule has 0 amide bonds. The van der Waals surface area contributed by atoms with Crippen molar-refractivity contribution >= 4 is 15.9 Å². The van der Waals surface area contributed by atoms with Crippen molar-refractivity contribution in [3.63, 3.8) is 0 Å². The summed E-state index contributed by atoms with van der Waals surface area (Å²) in [4.78, 5) is 0. The Morgan fingerprint density at radius 3 is 2.83 bits per heavy atom. The van der Waals surface area contributed by atoms with Gasteiger partial charge in [0.2, 0.25) is 0 Å². The van der Waals surface area contributed by atoms with E-state index in [1.165, 1.54) is 35.7 Å². The lowest BCUT2D eigenvalue weighted by Crippen LogP contribution is -2.42. The van der Waals surface area contributed by atoms with E-state index in [0.717, 1.165) is 19.7 Å². The van der Waals surface area contributed by atoms with Gasteiger partial charge in [-0.3, -0.25) is 0 Å². The van der Waals surface area contributed by atoms with Gasteiger partial charge in [0.05, 0.1) is 6.61 Å². The zero-order chi connectivity index (χ0) is 12.8. The molecule has 0 saturated heterocycles. The third-order valence-electron chi connectivity index (χ3n) is 3.87. The van der Waals surface area contributed by atoms with Crippen molar-refractivity contribution in [1.29, 1.82) is 0 Å². The SMILES string of the molecule is COCCNCC1(Cc2cccc(Br)c2)CCC1. The largest absolute Gasteiger partial charge is 0.383 e. The van der Waals surface area contributed by atoms with E-state index in [0.29, 0.717) is 5.41 Å². The van der Waals surface area contributed by atoms with Gasteiger partial charge in [0.25, 0.3) is 0 Å². The van der Waals surface area contributed by atoms with Crippen LogP contribution >= 0.6 is 15.9 Å². The standard InChI is InChI=1S/C15H22BrNO/c1-18-9-8-17-12-15(6-3-7-15)11-13-4-2-5-14(16)10-13/h2,4-5,10,17H,3,6-9,11-12H2,1H3. The molecule has 1 fully saturated rings. The Hall–Kier alpha value is -0.380. The van der Waals surface area contributed by atoms with Gasteiger partial charge < -0.3 is 10.1 Å². The zero-order valence-corrected chi connectivity index (χ0v) is 12.6. The summed E-state index contributed by atoms with van der Waals surface area (Å²) in [6.07, 6.45) is 5.26. The predicted molar refractivity (Wildman–Crippen MR) is 78.9 cm³/mol. The van der Waals surface area contributed by atoms with Crippen LogP contribution in [0.2, 0.25) is 0 Å². The first kappa shape index (κ1) is 14.0. The van der Waals surface area contributed by atoms with Gasteiger partial charge in [0.15, 0.2) is 0 Å². The molecule has 1 aliphatic rings. The van der Waals surface area contributed by atoms with E-state index in [-0.39, 0.29) is 0 Å². The van der Waals surface area contributed by atoms with Gasteiger partial charge >= 0.3 is 0 Å². The summed E-state index contributed by atoms with van der Waals surface area (Å²) >= 11 is 3.55. The van der Waals surface area contributed by atoms with Crippen LogP contribution in [0, 0.1) is 5.41 Å². The number of hydrogen-bond donors (Lipinski definition) is 1. The molecule has 1 aromatic rings. The van der Waals surface area contributed by atoms with Gasteiger partial charge in [-0.1, -0.05) is 34.5 Å². The Morgan fingerprint density at radius 1 is 1.39 bits per heavy atom. The van der Waals surface area contributed by atoms with Gasteiger partial charge in [-0.2, -0.15) is 0 Å². The van der Waals surface area contributed by atoms with E-state index in [1.54, 1.807) is 7.11 Å². The number of nitrogens with one attached hydrogen (secondary N) is 1. The number of benzene rings is 1. The average molecular weight is 312 g/mol. The minimum Gasteiger partial charge on any atom is -0.383 e. The third kappa shape index (κ3) is 3.81. The minimum atomic E-state index is 0.481. The van der Waals surface area contributed by atoms with Crippen LogP contribution in [0.5, 0.6) is 0 Å². The molecule has 0 unspecified atom stereocenters. The highest BCUT2D eigenvalue weighted by Crippen LogP contribution is 2.43. The molecular formula is C15H22BrNO. The topological polar surface area (TPSA) is 21.3 Å². The van der Waals surface area contributed by atoms with E-state index < -0.39 is 0 Å². The van der Waals surface area contributed by atoms with Gasteiger partial charge in [-0.25, -0.2) is 0 Å². The zero-order valence-electron chi connectivity index (χ0n) is 11.0. The summed E-state index contributed by atoms with van der Waals surface area (Å²) in [5, 5.41) is 3.53. The van der Waals surface area contributed by atoms with Crippen LogP contribution in [0.4, 0.5) is 0 Å². The number of ether oxygens (including phenoxy) is 1. The van der Waals surface area contributed by atoms with Gasteiger partial charge in [0.1, 0.15) is 0 Å². The monoisotopic (exact) mass is 311 g/mol. The fourth-order valence-corrected chi connectivity index (χ4v) is 3.15. The maximum Gasteiger partial charge on any atom is 0.0587 e. The Labute approximate surface area is 118 Å². The normalized spacial score (nSPS) is 17.4. The second kappa shape index (κ2) is 6.69. The summed E-state index contributed by atoms with van der Waals surface area (Å²) < 4.78 is 6.26. The quantitative estimate of drug-likeness (QED) is 0.779. The smallest absolute Gasteiger partial charge is 0.0587 e. The second-order valence-corrected chi connectivity index (χ2v) is 6.25. The van der Waals surface area contributed by atoms with Crippen molar-refractivity contribution < 1.29 is 4.74 Å². The lowest BCUT2D eigenvalue weighted by Gasteiger charge is -2.42. The van der Waals surface area contributed by atoms with Crippen molar-refractivity contribution in [2.45, 2.75) is 25.7 Å². The number of halogens is 1. The lowest BCUT2D eigenvalue weighted by atomic mass is 9.65. The molecule has 18 heavy (non-hydrogen) atoms. The van der Waals surface area contributed by atoms with Crippen molar-refractivity contribution in [2.24, 2.45) is 5.41 Å². The Bertz CT molecular complexity index is 377. The fourth-order valence-electron chi connectivity index (χ4n) is 2.70. The van der Waals surface area contributed by atoms with E-state index >= 15 is 0 Å². The van der Waals surface area contributed by atoms with Gasteiger partial charge in [-0.05, 0) is 42.4 Å². The fraction of sp³-hybridized carbons (Fsp3) is 0.600. The number of methoxy groups -OCH3 is 1. The first-order valence-electron chi connectivity index (χ1n) is 6.68. The molecule has 1 N–H and O–H groups in total. The van der Waals surface area contributed by atoms with Crippen LogP contribution in [-0.2, 0) is 11.2 Å². The highest BCUT2D eigenvalue weighted by atomic mass is 79.9. The molecule has 0 aromatic heterocycles. The van der Waals surface area contributed by atoms with E-state index in [4.69, 9.17) is 4.74 Å². The predicted octanol–water partition coefficient (Wildman–Crippen LogP) is 3.40. The van der Waals surface area contributed by atoms with Crippen molar-refractivity contribution in [3.05, 3.63) is 34.3 Å². The molecule has 0 atom stereocenters. The van der Waals surface area contributed by atoms with Gasteiger partial charge in [0, 0.05) is 24.7 Å². The van der Waals surface area contributed by atoms with Crippen LogP contribution < -0.4 is 5.32 Å². The number of hydrogen-bond acceptors (Lipinski definition) is 2. The molecule has 2 nitrogen and oxygen atoms in total. The first-order chi connectivity index (χ1) is 8.74. The third-order valence-corrected chi connectivity index (χ3v) is 4.36. The van der Waals surface area contributed by atoms with Crippen LogP contribution in [0.15, 0.2) is 28.7 Å².